The zero-order valence-corrected chi connectivity index (χ0v) is 23.2. The number of carbonyl (C=O) groups excluding carboxylic acids is 1. The van der Waals surface area contributed by atoms with Crippen molar-refractivity contribution in [1.29, 1.82) is 5.41 Å². The average Bonchev–Trinajstić information content (AvgIpc) is 3.48. The van der Waals surface area contributed by atoms with Crippen LogP contribution < -0.4 is 20.1 Å². The molecule has 1 saturated heterocycles. The van der Waals surface area contributed by atoms with Crippen LogP contribution in [0.1, 0.15) is 75.4 Å². The van der Waals surface area contributed by atoms with E-state index in [9.17, 15) is 4.79 Å². The van der Waals surface area contributed by atoms with Gasteiger partial charge in [-0.1, -0.05) is 36.3 Å². The fourth-order valence-corrected chi connectivity index (χ4v) is 5.69. The number of likely N-dealkylation sites (tertiary alicyclic amines) is 1. The number of fused-ring (bicyclic) bond motifs is 1. The van der Waals surface area contributed by atoms with Gasteiger partial charge in [0.25, 0.3) is 5.91 Å². The van der Waals surface area contributed by atoms with E-state index in [1.807, 2.05) is 18.2 Å². The molecule has 0 spiro atoms. The molecule has 40 heavy (non-hydrogen) atoms. The third-order valence-corrected chi connectivity index (χ3v) is 7.89. The van der Waals surface area contributed by atoms with Gasteiger partial charge in [-0.2, -0.15) is 5.21 Å². The standard InChI is InChI=1S/C29H38N8O3/c1-19-8-6-9-20(2)36(19)14-4-3-5-15-37-24-17-23(39-18-26-32-34-35-33-26)12-13-25(24)40-27(29(37)38)21-10-7-11-22(16-21)28(30)31/h7,10-13,16-17,19-20,27H,3-6,8-9,14-15,18H2,1-2H3,(H3,30,31)(H,32,33,34,35)/t19-,20+,27?. The van der Waals surface area contributed by atoms with Gasteiger partial charge in [0, 0.05) is 35.8 Å². The predicted octanol–water partition coefficient (Wildman–Crippen LogP) is 3.96. The van der Waals surface area contributed by atoms with Gasteiger partial charge < -0.3 is 20.1 Å². The number of unbranched alkanes of at least 4 members (excludes halogenated alkanes) is 2. The first-order valence-corrected chi connectivity index (χ1v) is 14.1. The molecule has 0 radical (unpaired) electrons. The van der Waals surface area contributed by atoms with Gasteiger partial charge in [-0.15, -0.1) is 10.2 Å². The van der Waals surface area contributed by atoms with Crippen LogP contribution in [0.3, 0.4) is 0 Å². The van der Waals surface area contributed by atoms with Crippen molar-refractivity contribution >= 4 is 17.4 Å². The molecule has 0 bridgehead atoms. The SMILES string of the molecule is C[C@@H]1CCC[C@H](C)N1CCCCCN1C(=O)C(c2cccc(C(=N)N)c2)Oc2ccc(OCc3nn[nH]n3)cc21. The number of tetrazole rings is 1. The Morgan fingerprint density at radius 1 is 1.12 bits per heavy atom. The smallest absolute Gasteiger partial charge is 0.272 e. The number of amidine groups is 1. The highest BCUT2D eigenvalue weighted by atomic mass is 16.5. The second-order valence-electron chi connectivity index (χ2n) is 10.7. The lowest BCUT2D eigenvalue weighted by Gasteiger charge is -2.39. The molecule has 1 unspecified atom stereocenters. The lowest BCUT2D eigenvalue weighted by Crippen LogP contribution is -2.44. The molecular formula is C29H38N8O3. The van der Waals surface area contributed by atoms with Gasteiger partial charge in [0.05, 0.1) is 5.69 Å². The van der Waals surface area contributed by atoms with Gasteiger partial charge in [-0.25, -0.2) is 0 Å². The third kappa shape index (κ3) is 6.25. The van der Waals surface area contributed by atoms with Crippen molar-refractivity contribution in [3.05, 3.63) is 59.4 Å². The molecule has 3 aromatic rings. The number of nitrogen functional groups attached to an aromatic ring is 1. The normalized spacial score (nSPS) is 21.1. The number of hydrogen-bond acceptors (Lipinski definition) is 8. The number of piperidine rings is 1. The summed E-state index contributed by atoms with van der Waals surface area (Å²) < 4.78 is 12.1. The maximum absolute atomic E-state index is 13.9. The summed E-state index contributed by atoms with van der Waals surface area (Å²) in [6, 6.07) is 13.8. The van der Waals surface area contributed by atoms with E-state index < -0.39 is 6.10 Å². The number of carbonyl (C=O) groups is 1. The molecule has 4 N–H and O–H groups in total. The highest BCUT2D eigenvalue weighted by Crippen LogP contribution is 2.41. The summed E-state index contributed by atoms with van der Waals surface area (Å²) in [5, 5.41) is 21.6. The topological polar surface area (TPSA) is 146 Å². The predicted molar refractivity (Wildman–Crippen MR) is 151 cm³/mol. The van der Waals surface area contributed by atoms with E-state index in [0.29, 0.717) is 52.8 Å². The fourth-order valence-electron chi connectivity index (χ4n) is 5.69. The first-order chi connectivity index (χ1) is 19.4. The molecule has 2 aliphatic rings. The maximum atomic E-state index is 13.9. The van der Waals surface area contributed by atoms with Gasteiger partial charge in [-0.05, 0) is 64.3 Å². The Morgan fingerprint density at radius 2 is 1.93 bits per heavy atom. The van der Waals surface area contributed by atoms with Crippen molar-refractivity contribution in [1.82, 2.24) is 25.5 Å². The molecule has 1 aromatic heterocycles. The van der Waals surface area contributed by atoms with E-state index >= 15 is 0 Å². The molecular weight excluding hydrogens is 508 g/mol. The zero-order chi connectivity index (χ0) is 28.1. The van der Waals surface area contributed by atoms with Crippen LogP contribution >= 0.6 is 0 Å². The van der Waals surface area contributed by atoms with Crippen LogP contribution in [0.25, 0.3) is 0 Å². The molecule has 1 fully saturated rings. The van der Waals surface area contributed by atoms with Crippen LogP contribution in [0.2, 0.25) is 0 Å². The first kappa shape index (κ1) is 27.6. The highest BCUT2D eigenvalue weighted by Gasteiger charge is 2.36. The Labute approximate surface area is 234 Å². The number of amides is 1. The number of ether oxygens (including phenoxy) is 2. The summed E-state index contributed by atoms with van der Waals surface area (Å²) >= 11 is 0. The Kier molecular flexibility index (Phi) is 8.59. The second kappa shape index (κ2) is 12.5. The first-order valence-electron chi connectivity index (χ1n) is 14.1. The van der Waals surface area contributed by atoms with Gasteiger partial charge in [-0.3, -0.25) is 15.1 Å². The quantitative estimate of drug-likeness (QED) is 0.186. The molecule has 0 saturated carbocycles. The molecule has 2 aromatic carbocycles. The molecule has 11 nitrogen and oxygen atoms in total. The average molecular weight is 547 g/mol. The number of anilines is 1. The number of H-pyrrole nitrogens is 1. The Bertz CT molecular complexity index is 1300. The van der Waals surface area contributed by atoms with Crippen LogP contribution in [0, 0.1) is 5.41 Å². The van der Waals surface area contributed by atoms with Crippen molar-refractivity contribution in [2.45, 2.75) is 77.2 Å². The van der Waals surface area contributed by atoms with Crippen LogP contribution in [0.15, 0.2) is 42.5 Å². The number of nitrogens with one attached hydrogen (secondary N) is 2. The summed E-state index contributed by atoms with van der Waals surface area (Å²) in [6.45, 7) is 6.47. The van der Waals surface area contributed by atoms with Crippen LogP contribution in [0.5, 0.6) is 11.5 Å². The summed E-state index contributed by atoms with van der Waals surface area (Å²) in [5.41, 5.74) is 7.60. The van der Waals surface area contributed by atoms with E-state index in [1.165, 1.54) is 19.3 Å². The van der Waals surface area contributed by atoms with Gasteiger partial charge in [0.1, 0.15) is 17.3 Å². The van der Waals surface area contributed by atoms with Gasteiger partial charge in [0.2, 0.25) is 11.9 Å². The lowest BCUT2D eigenvalue weighted by molar-refractivity contribution is -0.126. The summed E-state index contributed by atoms with van der Waals surface area (Å²) in [6.07, 6.45) is 6.02. The van der Waals surface area contributed by atoms with Crippen LogP contribution in [-0.2, 0) is 11.4 Å². The lowest BCUT2D eigenvalue weighted by atomic mass is 9.97. The van der Waals surface area contributed by atoms with Gasteiger partial charge in [0.15, 0.2) is 6.61 Å². The summed E-state index contributed by atoms with van der Waals surface area (Å²) in [5.74, 6) is 1.41. The van der Waals surface area contributed by atoms with Crippen molar-refractivity contribution in [2.24, 2.45) is 5.73 Å². The highest BCUT2D eigenvalue weighted by molar-refractivity contribution is 6.01. The largest absolute Gasteiger partial charge is 0.485 e. The van der Waals surface area contributed by atoms with E-state index in [0.717, 1.165) is 25.8 Å². The number of nitrogens with two attached hydrogens (primary N) is 1. The minimum absolute atomic E-state index is 0.0527. The number of hydrogen-bond donors (Lipinski definition) is 3. The number of rotatable bonds is 11. The number of benzene rings is 2. The monoisotopic (exact) mass is 546 g/mol. The Hall–Kier alpha value is -3.99. The second-order valence-corrected chi connectivity index (χ2v) is 10.7. The van der Waals surface area contributed by atoms with E-state index in [-0.39, 0.29) is 18.3 Å². The van der Waals surface area contributed by atoms with Crippen LogP contribution in [-0.4, -0.2) is 62.4 Å². The van der Waals surface area contributed by atoms with Crippen molar-refractivity contribution < 1.29 is 14.3 Å². The minimum atomic E-state index is -0.826. The molecule has 0 aliphatic carbocycles. The van der Waals surface area contributed by atoms with Crippen molar-refractivity contribution in [3.63, 3.8) is 0 Å². The molecule has 3 atom stereocenters. The summed E-state index contributed by atoms with van der Waals surface area (Å²) in [4.78, 5) is 18.3. The van der Waals surface area contributed by atoms with Crippen LogP contribution in [0.4, 0.5) is 5.69 Å². The summed E-state index contributed by atoms with van der Waals surface area (Å²) in [7, 11) is 0. The molecule has 11 heteroatoms. The van der Waals surface area contributed by atoms with Crippen molar-refractivity contribution in [2.75, 3.05) is 18.0 Å². The molecule has 212 valence electrons. The Morgan fingerprint density at radius 3 is 2.67 bits per heavy atom. The molecule has 2 aliphatic heterocycles. The molecule has 3 heterocycles. The van der Waals surface area contributed by atoms with E-state index in [4.69, 9.17) is 20.6 Å². The van der Waals surface area contributed by atoms with Crippen molar-refractivity contribution in [3.8, 4) is 11.5 Å². The molecule has 5 rings (SSSR count). The number of aromatic amines is 1. The van der Waals surface area contributed by atoms with E-state index in [1.54, 1.807) is 29.2 Å². The number of nitrogens with zero attached hydrogens (tertiary/aromatic N) is 5. The minimum Gasteiger partial charge on any atom is -0.485 e. The molecule has 1 amide bonds. The third-order valence-electron chi connectivity index (χ3n) is 7.89. The zero-order valence-electron chi connectivity index (χ0n) is 23.2. The fraction of sp³-hybridized carbons (Fsp3) is 0.483. The maximum Gasteiger partial charge on any atom is 0.272 e. The number of aromatic nitrogens is 4. The Balaban J connectivity index is 1.31. The van der Waals surface area contributed by atoms with E-state index in [2.05, 4.69) is 39.4 Å². The van der Waals surface area contributed by atoms with Gasteiger partial charge >= 0.3 is 0 Å².